The van der Waals surface area contributed by atoms with Crippen LogP contribution in [0.15, 0.2) is 53.6 Å². The van der Waals surface area contributed by atoms with Crippen molar-refractivity contribution in [3.05, 3.63) is 65.7 Å². The molecule has 0 saturated carbocycles. The van der Waals surface area contributed by atoms with Crippen molar-refractivity contribution in [1.82, 2.24) is 5.43 Å². The summed E-state index contributed by atoms with van der Waals surface area (Å²) >= 11 is 0. The van der Waals surface area contributed by atoms with Gasteiger partial charge in [-0.3, -0.25) is 9.10 Å². The molecule has 0 heterocycles. The first-order valence-corrected chi connectivity index (χ1v) is 8.92. The van der Waals surface area contributed by atoms with Crippen molar-refractivity contribution in [2.24, 2.45) is 5.10 Å². The molecule has 0 atom stereocenters. The molecule has 2 rings (SSSR count). The Hall–Kier alpha value is -2.81. The van der Waals surface area contributed by atoms with E-state index in [1.54, 1.807) is 6.07 Å². The number of sulfonamides is 1. The molecule has 25 heavy (non-hydrogen) atoms. The Morgan fingerprint density at radius 1 is 1.16 bits per heavy atom. The maximum absolute atomic E-state index is 13.4. The molecule has 2 aromatic rings. The van der Waals surface area contributed by atoms with E-state index in [0.29, 0.717) is 0 Å². The van der Waals surface area contributed by atoms with Gasteiger partial charge in [0.05, 0.1) is 18.2 Å². The van der Waals surface area contributed by atoms with Crippen LogP contribution < -0.4 is 9.73 Å². The van der Waals surface area contributed by atoms with Gasteiger partial charge in [-0.2, -0.15) is 5.10 Å². The highest BCUT2D eigenvalue weighted by molar-refractivity contribution is 7.92. The molecule has 0 aliphatic rings. The van der Waals surface area contributed by atoms with E-state index in [1.165, 1.54) is 30.3 Å². The van der Waals surface area contributed by atoms with E-state index in [-0.39, 0.29) is 11.3 Å². The van der Waals surface area contributed by atoms with Crippen LogP contribution in [0, 0.1) is 11.6 Å². The molecule has 2 aromatic carbocycles. The summed E-state index contributed by atoms with van der Waals surface area (Å²) in [5, 5.41) is 3.60. The number of anilines is 1. The predicted octanol–water partition coefficient (Wildman–Crippen LogP) is 1.88. The number of hydrogen-bond acceptors (Lipinski definition) is 4. The van der Waals surface area contributed by atoms with Crippen LogP contribution >= 0.6 is 0 Å². The molecule has 0 aromatic heterocycles. The third-order valence-electron chi connectivity index (χ3n) is 3.10. The van der Waals surface area contributed by atoms with Gasteiger partial charge in [0.25, 0.3) is 5.91 Å². The van der Waals surface area contributed by atoms with E-state index in [2.05, 4.69) is 10.5 Å². The highest BCUT2D eigenvalue weighted by Crippen LogP contribution is 2.17. The van der Waals surface area contributed by atoms with Crippen LogP contribution in [0.1, 0.15) is 5.56 Å². The normalized spacial score (nSPS) is 11.5. The monoisotopic (exact) mass is 367 g/mol. The van der Waals surface area contributed by atoms with Gasteiger partial charge in [0.1, 0.15) is 18.2 Å². The lowest BCUT2D eigenvalue weighted by molar-refractivity contribution is -0.119. The number of rotatable bonds is 6. The van der Waals surface area contributed by atoms with E-state index < -0.39 is 34.1 Å². The van der Waals surface area contributed by atoms with Crippen LogP contribution in [0.5, 0.6) is 0 Å². The number of carbonyl (C=O) groups excluding carboxylic acids is 1. The molecule has 0 aliphatic heterocycles. The number of nitrogens with zero attached hydrogens (tertiary/aromatic N) is 2. The van der Waals surface area contributed by atoms with Crippen molar-refractivity contribution >= 4 is 27.8 Å². The highest BCUT2D eigenvalue weighted by Gasteiger charge is 2.20. The molecular weight excluding hydrogens is 352 g/mol. The minimum atomic E-state index is -3.77. The lowest BCUT2D eigenvalue weighted by atomic mass is 10.2. The quantitative estimate of drug-likeness (QED) is 0.625. The van der Waals surface area contributed by atoms with E-state index in [1.807, 2.05) is 0 Å². The molecule has 0 saturated heterocycles. The van der Waals surface area contributed by atoms with Gasteiger partial charge >= 0.3 is 0 Å². The molecular formula is C16H15F2N3O3S. The Morgan fingerprint density at radius 2 is 1.80 bits per heavy atom. The van der Waals surface area contributed by atoms with Crippen molar-refractivity contribution < 1.29 is 22.0 Å². The maximum atomic E-state index is 13.4. The smallest absolute Gasteiger partial charge is 0.260 e. The first-order chi connectivity index (χ1) is 11.8. The summed E-state index contributed by atoms with van der Waals surface area (Å²) in [5.41, 5.74) is 2.43. The summed E-state index contributed by atoms with van der Waals surface area (Å²) in [6, 6.07) is 10.5. The first kappa shape index (κ1) is 18.5. The number of nitrogens with one attached hydrogen (secondary N) is 1. The molecule has 0 aliphatic carbocycles. The summed E-state index contributed by atoms with van der Waals surface area (Å²) in [5.74, 6) is -1.77. The fourth-order valence-electron chi connectivity index (χ4n) is 1.93. The van der Waals surface area contributed by atoms with Gasteiger partial charge in [-0.05, 0) is 30.3 Å². The molecule has 0 unspecified atom stereocenters. The molecule has 1 N–H and O–H groups in total. The van der Waals surface area contributed by atoms with Crippen LogP contribution in [0.3, 0.4) is 0 Å². The third-order valence-corrected chi connectivity index (χ3v) is 4.24. The SMILES string of the molecule is CS(=O)(=O)N(CC(=O)N/N=C\c1ccccc1F)c1ccc(F)cc1. The van der Waals surface area contributed by atoms with E-state index in [9.17, 15) is 22.0 Å². The Labute approximate surface area is 143 Å². The average Bonchev–Trinajstić information content (AvgIpc) is 2.54. The Morgan fingerprint density at radius 3 is 2.40 bits per heavy atom. The van der Waals surface area contributed by atoms with E-state index in [4.69, 9.17) is 0 Å². The van der Waals surface area contributed by atoms with Gasteiger partial charge in [0, 0.05) is 5.56 Å². The van der Waals surface area contributed by atoms with Gasteiger partial charge < -0.3 is 0 Å². The Balaban J connectivity index is 2.07. The first-order valence-electron chi connectivity index (χ1n) is 7.07. The topological polar surface area (TPSA) is 78.8 Å². The lowest BCUT2D eigenvalue weighted by Gasteiger charge is -2.21. The number of benzene rings is 2. The van der Waals surface area contributed by atoms with Crippen molar-refractivity contribution in [2.75, 3.05) is 17.1 Å². The molecule has 132 valence electrons. The zero-order chi connectivity index (χ0) is 18.4. The van der Waals surface area contributed by atoms with E-state index in [0.717, 1.165) is 28.9 Å². The number of hydrogen-bond donors (Lipinski definition) is 1. The average molecular weight is 367 g/mol. The number of amides is 1. The summed E-state index contributed by atoms with van der Waals surface area (Å²) < 4.78 is 50.9. The summed E-state index contributed by atoms with van der Waals surface area (Å²) in [6.07, 6.45) is 2.03. The Kier molecular flexibility index (Phi) is 5.81. The van der Waals surface area contributed by atoms with Crippen LogP contribution in [-0.2, 0) is 14.8 Å². The molecule has 1 amide bonds. The van der Waals surface area contributed by atoms with Crippen LogP contribution in [0.2, 0.25) is 0 Å². The van der Waals surface area contributed by atoms with Crippen molar-refractivity contribution in [1.29, 1.82) is 0 Å². The highest BCUT2D eigenvalue weighted by atomic mass is 32.2. The summed E-state index contributed by atoms with van der Waals surface area (Å²) in [6.45, 7) is -0.556. The molecule has 0 bridgehead atoms. The minimum absolute atomic E-state index is 0.136. The zero-order valence-corrected chi connectivity index (χ0v) is 14.0. The fraction of sp³-hybridized carbons (Fsp3) is 0.125. The Bertz CT molecular complexity index is 884. The van der Waals surface area contributed by atoms with Crippen LogP contribution in [0.4, 0.5) is 14.5 Å². The second-order valence-corrected chi connectivity index (χ2v) is 6.97. The second kappa shape index (κ2) is 7.84. The van der Waals surface area contributed by atoms with Gasteiger partial charge in [0.15, 0.2) is 0 Å². The third kappa shape index (κ3) is 5.35. The largest absolute Gasteiger partial charge is 0.271 e. The predicted molar refractivity (Wildman–Crippen MR) is 90.7 cm³/mol. The van der Waals surface area contributed by atoms with Crippen molar-refractivity contribution in [2.45, 2.75) is 0 Å². The molecule has 9 heteroatoms. The number of carbonyl (C=O) groups is 1. The number of halogens is 2. The number of hydrazone groups is 1. The van der Waals surface area contributed by atoms with Crippen LogP contribution in [-0.4, -0.2) is 33.3 Å². The van der Waals surface area contributed by atoms with E-state index >= 15 is 0 Å². The fourth-order valence-corrected chi connectivity index (χ4v) is 2.78. The maximum Gasteiger partial charge on any atom is 0.260 e. The second-order valence-electron chi connectivity index (χ2n) is 5.06. The van der Waals surface area contributed by atoms with Crippen molar-refractivity contribution in [3.63, 3.8) is 0 Å². The lowest BCUT2D eigenvalue weighted by Crippen LogP contribution is -2.39. The van der Waals surface area contributed by atoms with Crippen LogP contribution in [0.25, 0.3) is 0 Å². The van der Waals surface area contributed by atoms with Gasteiger partial charge in [-0.1, -0.05) is 18.2 Å². The summed E-state index contributed by atoms with van der Waals surface area (Å²) in [7, 11) is -3.77. The minimum Gasteiger partial charge on any atom is -0.271 e. The van der Waals surface area contributed by atoms with Gasteiger partial charge in [-0.25, -0.2) is 22.6 Å². The van der Waals surface area contributed by atoms with Crippen molar-refractivity contribution in [3.8, 4) is 0 Å². The van der Waals surface area contributed by atoms with Gasteiger partial charge in [0.2, 0.25) is 10.0 Å². The summed E-state index contributed by atoms with van der Waals surface area (Å²) in [4.78, 5) is 11.9. The molecule has 0 radical (unpaired) electrons. The standard InChI is InChI=1S/C16H15F2N3O3S/c1-25(23,24)21(14-8-6-13(17)7-9-14)11-16(22)20-19-10-12-4-2-3-5-15(12)18/h2-10H,11H2,1H3,(H,20,22)/b19-10-. The van der Waals surface area contributed by atoms with Gasteiger partial charge in [-0.15, -0.1) is 0 Å². The zero-order valence-electron chi connectivity index (χ0n) is 13.2. The molecule has 6 nitrogen and oxygen atoms in total. The molecule has 0 fully saturated rings. The molecule has 0 spiro atoms.